The van der Waals surface area contributed by atoms with Gasteiger partial charge in [-0.1, -0.05) is 20.8 Å². The van der Waals surface area contributed by atoms with Crippen LogP contribution in [0.5, 0.6) is 0 Å². The molecule has 0 aromatic rings. The molecule has 5 heteroatoms. The van der Waals surface area contributed by atoms with E-state index >= 15 is 0 Å². The molecule has 4 aliphatic rings. The molecule has 0 unspecified atom stereocenters. The fraction of sp³-hybridized carbons (Fsp3) is 0.917. The summed E-state index contributed by atoms with van der Waals surface area (Å²) in [6.07, 6.45) is 6.15. The SMILES string of the molecule is C[C@H](CCC(=O)O)[C@H]1CC[C@H]2[C@@H]3CC[C@@H]4C[C@H](O)CC[C@]4(C)[C@H]3[C@@H](O)C(=O)[C@]12C. The molecule has 0 aromatic carbocycles. The predicted molar refractivity (Wildman–Crippen MR) is 109 cm³/mol. The molecule has 4 saturated carbocycles. The lowest BCUT2D eigenvalue weighted by atomic mass is 9.43. The topological polar surface area (TPSA) is 94.8 Å². The normalized spacial score (nSPS) is 50.4. The first-order valence-electron chi connectivity index (χ1n) is 11.7. The van der Waals surface area contributed by atoms with Gasteiger partial charge in [-0.15, -0.1) is 0 Å². The van der Waals surface area contributed by atoms with Crippen molar-refractivity contribution >= 4 is 11.8 Å². The number of carboxylic acid groups (broad SMARTS) is 1. The lowest BCUT2D eigenvalue weighted by Crippen LogP contribution is -2.63. The van der Waals surface area contributed by atoms with Crippen LogP contribution in [0.2, 0.25) is 0 Å². The summed E-state index contributed by atoms with van der Waals surface area (Å²) in [4.78, 5) is 24.8. The molecule has 0 bridgehead atoms. The standard InChI is InChI=1S/C24H38O5/c1-13(4-9-19(26)27)17-7-8-18-16-6-5-14-12-15(25)10-11-23(14,2)20(16)21(28)22(29)24(17,18)3/h13-18,20-21,25,28H,4-12H2,1-3H3,(H,26,27)/t13-,14-,15-,16+,17-,18+,20-,21-,23+,24-/m1/s1. The molecule has 4 rings (SSSR count). The number of carboxylic acids is 1. The van der Waals surface area contributed by atoms with Crippen LogP contribution < -0.4 is 0 Å². The summed E-state index contributed by atoms with van der Waals surface area (Å²) >= 11 is 0. The van der Waals surface area contributed by atoms with E-state index in [0.29, 0.717) is 24.2 Å². The lowest BCUT2D eigenvalue weighted by molar-refractivity contribution is -0.188. The number of aliphatic hydroxyl groups is 2. The first kappa shape index (κ1) is 21.3. The summed E-state index contributed by atoms with van der Waals surface area (Å²) in [6.45, 7) is 6.43. The number of carbonyl (C=O) groups is 2. The van der Waals surface area contributed by atoms with E-state index in [4.69, 9.17) is 5.11 Å². The van der Waals surface area contributed by atoms with Crippen molar-refractivity contribution in [2.45, 2.75) is 90.8 Å². The van der Waals surface area contributed by atoms with Gasteiger partial charge in [-0.2, -0.15) is 0 Å². The van der Waals surface area contributed by atoms with Crippen LogP contribution in [-0.2, 0) is 9.59 Å². The summed E-state index contributed by atoms with van der Waals surface area (Å²) in [5.74, 6) is 0.627. The molecular weight excluding hydrogens is 368 g/mol. The highest BCUT2D eigenvalue weighted by atomic mass is 16.4. The van der Waals surface area contributed by atoms with Crippen molar-refractivity contribution < 1.29 is 24.9 Å². The minimum absolute atomic E-state index is 0.00685. The third-order valence-corrected chi connectivity index (χ3v) is 10.1. The zero-order valence-electron chi connectivity index (χ0n) is 18.1. The van der Waals surface area contributed by atoms with Crippen LogP contribution in [0.3, 0.4) is 0 Å². The Bertz CT molecular complexity index is 676. The van der Waals surface area contributed by atoms with E-state index in [1.807, 2.05) is 0 Å². The number of Topliss-reactive ketones (excluding diaryl/α,β-unsaturated/α-hetero) is 1. The van der Waals surface area contributed by atoms with Crippen LogP contribution >= 0.6 is 0 Å². The average molecular weight is 407 g/mol. The highest BCUT2D eigenvalue weighted by molar-refractivity contribution is 5.91. The van der Waals surface area contributed by atoms with E-state index in [2.05, 4.69) is 20.8 Å². The predicted octanol–water partition coefficient (Wildman–Crippen LogP) is 3.66. The van der Waals surface area contributed by atoms with Crippen molar-refractivity contribution in [3.05, 3.63) is 0 Å². The molecule has 0 saturated heterocycles. The maximum atomic E-state index is 13.7. The molecule has 29 heavy (non-hydrogen) atoms. The van der Waals surface area contributed by atoms with Gasteiger partial charge in [0.15, 0.2) is 5.78 Å². The van der Waals surface area contributed by atoms with E-state index in [1.165, 1.54) is 0 Å². The van der Waals surface area contributed by atoms with E-state index in [1.54, 1.807) is 0 Å². The van der Waals surface area contributed by atoms with E-state index in [0.717, 1.165) is 44.9 Å². The number of aliphatic carboxylic acids is 1. The number of fused-ring (bicyclic) bond motifs is 5. The van der Waals surface area contributed by atoms with Crippen molar-refractivity contribution in [2.75, 3.05) is 0 Å². The molecular formula is C24H38O5. The fourth-order valence-corrected chi connectivity index (χ4v) is 8.56. The van der Waals surface area contributed by atoms with Gasteiger partial charge in [0.05, 0.1) is 6.10 Å². The third kappa shape index (κ3) is 3.10. The fourth-order valence-electron chi connectivity index (χ4n) is 8.56. The third-order valence-electron chi connectivity index (χ3n) is 10.1. The average Bonchev–Trinajstić information content (AvgIpc) is 3.02. The monoisotopic (exact) mass is 406 g/mol. The van der Waals surface area contributed by atoms with Crippen LogP contribution in [0.15, 0.2) is 0 Å². The molecule has 5 nitrogen and oxygen atoms in total. The maximum Gasteiger partial charge on any atom is 0.303 e. The molecule has 0 radical (unpaired) electrons. The van der Waals surface area contributed by atoms with E-state index in [9.17, 15) is 19.8 Å². The van der Waals surface area contributed by atoms with Crippen LogP contribution in [0.4, 0.5) is 0 Å². The Balaban J connectivity index is 1.63. The molecule has 0 aromatic heterocycles. The zero-order chi connectivity index (χ0) is 21.1. The largest absolute Gasteiger partial charge is 0.481 e. The van der Waals surface area contributed by atoms with Crippen LogP contribution in [-0.4, -0.2) is 39.3 Å². The quantitative estimate of drug-likeness (QED) is 0.662. The van der Waals surface area contributed by atoms with Crippen LogP contribution in [0, 0.1) is 46.3 Å². The minimum Gasteiger partial charge on any atom is -0.481 e. The first-order chi connectivity index (χ1) is 13.6. The molecule has 4 aliphatic carbocycles. The number of aliphatic hydroxyl groups excluding tert-OH is 2. The van der Waals surface area contributed by atoms with Crippen molar-refractivity contribution in [1.29, 1.82) is 0 Å². The molecule has 164 valence electrons. The lowest BCUT2D eigenvalue weighted by Gasteiger charge is -2.61. The maximum absolute atomic E-state index is 13.7. The van der Waals surface area contributed by atoms with Gasteiger partial charge in [0.1, 0.15) is 6.10 Å². The second kappa shape index (κ2) is 7.33. The Morgan fingerprint density at radius 2 is 1.86 bits per heavy atom. The van der Waals surface area contributed by atoms with Gasteiger partial charge in [-0.3, -0.25) is 9.59 Å². The van der Waals surface area contributed by atoms with Crippen molar-refractivity contribution in [1.82, 2.24) is 0 Å². The number of hydrogen-bond acceptors (Lipinski definition) is 4. The molecule has 10 atom stereocenters. The minimum atomic E-state index is -0.920. The molecule has 4 fully saturated rings. The number of ketones is 1. The van der Waals surface area contributed by atoms with E-state index in [-0.39, 0.29) is 41.5 Å². The highest BCUT2D eigenvalue weighted by Gasteiger charge is 2.67. The number of rotatable bonds is 4. The summed E-state index contributed by atoms with van der Waals surface area (Å²) in [6, 6.07) is 0. The highest BCUT2D eigenvalue weighted by Crippen LogP contribution is 2.67. The Kier molecular flexibility index (Phi) is 5.39. The van der Waals surface area contributed by atoms with Crippen LogP contribution in [0.25, 0.3) is 0 Å². The number of carbonyl (C=O) groups excluding carboxylic acids is 1. The summed E-state index contributed by atoms with van der Waals surface area (Å²) < 4.78 is 0. The Morgan fingerprint density at radius 3 is 2.55 bits per heavy atom. The Morgan fingerprint density at radius 1 is 1.14 bits per heavy atom. The molecule has 3 N–H and O–H groups in total. The first-order valence-corrected chi connectivity index (χ1v) is 11.7. The van der Waals surface area contributed by atoms with Gasteiger partial charge in [0.2, 0.25) is 0 Å². The van der Waals surface area contributed by atoms with Gasteiger partial charge >= 0.3 is 5.97 Å². The summed E-state index contributed by atoms with van der Waals surface area (Å²) in [5, 5.41) is 30.6. The Hall–Kier alpha value is -0.940. The van der Waals surface area contributed by atoms with Crippen molar-refractivity contribution in [2.24, 2.45) is 46.3 Å². The van der Waals surface area contributed by atoms with Crippen molar-refractivity contribution in [3.63, 3.8) is 0 Å². The summed E-state index contributed by atoms with van der Waals surface area (Å²) in [7, 11) is 0. The van der Waals surface area contributed by atoms with E-state index < -0.39 is 17.5 Å². The van der Waals surface area contributed by atoms with Gasteiger partial charge in [0.25, 0.3) is 0 Å². The van der Waals surface area contributed by atoms with Gasteiger partial charge in [-0.25, -0.2) is 0 Å². The molecule has 0 spiro atoms. The smallest absolute Gasteiger partial charge is 0.303 e. The number of hydrogen-bond donors (Lipinski definition) is 3. The van der Waals surface area contributed by atoms with Gasteiger partial charge < -0.3 is 15.3 Å². The van der Waals surface area contributed by atoms with Gasteiger partial charge in [-0.05, 0) is 86.4 Å². The van der Waals surface area contributed by atoms with Gasteiger partial charge in [0, 0.05) is 17.8 Å². The summed E-state index contributed by atoms with van der Waals surface area (Å²) in [5.41, 5.74) is -0.596. The molecule has 0 aliphatic heterocycles. The zero-order valence-corrected chi connectivity index (χ0v) is 18.1. The Labute approximate surface area is 174 Å². The molecule has 0 amide bonds. The molecule has 0 heterocycles. The van der Waals surface area contributed by atoms with Crippen molar-refractivity contribution in [3.8, 4) is 0 Å². The second-order valence-corrected chi connectivity index (χ2v) is 11.2. The van der Waals surface area contributed by atoms with Crippen LogP contribution in [0.1, 0.15) is 78.6 Å². The second-order valence-electron chi connectivity index (χ2n) is 11.2.